The van der Waals surface area contributed by atoms with Gasteiger partial charge in [0.2, 0.25) is 5.91 Å². The Balaban J connectivity index is 2.65. The fraction of sp³-hybridized carbons (Fsp3) is 0.500. The first-order chi connectivity index (χ1) is 8.49. The number of hydrogen-bond acceptors (Lipinski definition) is 4. The van der Waals surface area contributed by atoms with Gasteiger partial charge in [-0.25, -0.2) is 4.79 Å². The van der Waals surface area contributed by atoms with E-state index in [4.69, 9.17) is 5.11 Å². The van der Waals surface area contributed by atoms with Crippen molar-refractivity contribution in [1.29, 1.82) is 0 Å². The Labute approximate surface area is 115 Å². The van der Waals surface area contributed by atoms with Crippen LogP contribution in [0.15, 0.2) is 16.3 Å². The van der Waals surface area contributed by atoms with E-state index in [9.17, 15) is 9.59 Å². The van der Waals surface area contributed by atoms with Crippen LogP contribution < -0.4 is 0 Å². The van der Waals surface area contributed by atoms with E-state index in [1.54, 1.807) is 16.3 Å². The van der Waals surface area contributed by atoms with Gasteiger partial charge in [-0.1, -0.05) is 0 Å². The zero-order valence-electron chi connectivity index (χ0n) is 10.7. The van der Waals surface area contributed by atoms with E-state index in [1.165, 1.54) is 23.1 Å². The second-order valence-corrected chi connectivity index (χ2v) is 6.05. The van der Waals surface area contributed by atoms with E-state index in [-0.39, 0.29) is 11.2 Å². The quantitative estimate of drug-likeness (QED) is 0.817. The van der Waals surface area contributed by atoms with Crippen LogP contribution in [0.5, 0.6) is 0 Å². The third-order valence-corrected chi connectivity index (χ3v) is 4.65. The molecule has 0 aliphatic heterocycles. The lowest BCUT2D eigenvalue weighted by Gasteiger charge is -2.22. The summed E-state index contributed by atoms with van der Waals surface area (Å²) in [6.45, 7) is 7.15. The number of amides is 1. The van der Waals surface area contributed by atoms with Crippen LogP contribution in [0.25, 0.3) is 0 Å². The van der Waals surface area contributed by atoms with Crippen molar-refractivity contribution < 1.29 is 14.7 Å². The van der Waals surface area contributed by atoms with E-state index in [2.05, 4.69) is 0 Å². The summed E-state index contributed by atoms with van der Waals surface area (Å²) in [5.41, 5.74) is 0. The number of nitrogens with zero attached hydrogens (tertiary/aromatic N) is 1. The average molecular weight is 287 g/mol. The van der Waals surface area contributed by atoms with Crippen LogP contribution >= 0.6 is 23.1 Å². The zero-order valence-corrected chi connectivity index (χ0v) is 12.3. The predicted octanol–water partition coefficient (Wildman–Crippen LogP) is 2.80. The molecule has 0 aromatic carbocycles. The molecule has 1 amide bonds. The van der Waals surface area contributed by atoms with Gasteiger partial charge in [-0.3, -0.25) is 4.79 Å². The molecular weight excluding hydrogens is 270 g/mol. The minimum atomic E-state index is -0.922. The minimum Gasteiger partial charge on any atom is -0.477 e. The Kier molecular flexibility index (Phi) is 5.68. The molecule has 0 aliphatic carbocycles. The first-order valence-electron chi connectivity index (χ1n) is 5.76. The van der Waals surface area contributed by atoms with Gasteiger partial charge in [0, 0.05) is 23.4 Å². The van der Waals surface area contributed by atoms with Crippen LogP contribution in [0.1, 0.15) is 30.4 Å². The van der Waals surface area contributed by atoms with Crippen molar-refractivity contribution in [1.82, 2.24) is 4.90 Å². The van der Waals surface area contributed by atoms with Gasteiger partial charge in [-0.05, 0) is 26.8 Å². The van der Waals surface area contributed by atoms with Gasteiger partial charge < -0.3 is 10.0 Å². The van der Waals surface area contributed by atoms with Gasteiger partial charge in [0.15, 0.2) is 0 Å². The molecule has 100 valence electrons. The average Bonchev–Trinajstić information content (AvgIpc) is 2.79. The van der Waals surface area contributed by atoms with Gasteiger partial charge >= 0.3 is 5.97 Å². The number of aromatic carboxylic acids is 1. The predicted molar refractivity (Wildman–Crippen MR) is 74.5 cm³/mol. The van der Waals surface area contributed by atoms with Gasteiger partial charge in [-0.2, -0.15) is 0 Å². The maximum atomic E-state index is 12.0. The lowest BCUT2D eigenvalue weighted by Crippen LogP contribution is -2.36. The number of thioether (sulfide) groups is 1. The Morgan fingerprint density at radius 3 is 2.50 bits per heavy atom. The Morgan fingerprint density at radius 1 is 1.44 bits per heavy atom. The van der Waals surface area contributed by atoms with Crippen molar-refractivity contribution in [2.45, 2.75) is 30.9 Å². The topological polar surface area (TPSA) is 57.6 Å². The molecule has 0 radical (unpaired) electrons. The fourth-order valence-corrected chi connectivity index (χ4v) is 3.43. The number of thiophene rings is 1. The monoisotopic (exact) mass is 287 g/mol. The summed E-state index contributed by atoms with van der Waals surface area (Å²) < 4.78 is 0. The molecule has 1 atom stereocenters. The largest absolute Gasteiger partial charge is 0.477 e. The molecule has 18 heavy (non-hydrogen) atoms. The molecule has 1 N–H and O–H groups in total. The van der Waals surface area contributed by atoms with E-state index in [1.807, 2.05) is 20.8 Å². The van der Waals surface area contributed by atoms with Crippen LogP contribution in [0, 0.1) is 0 Å². The van der Waals surface area contributed by atoms with E-state index in [0.717, 1.165) is 4.90 Å². The molecule has 6 heteroatoms. The first kappa shape index (κ1) is 15.0. The number of carbonyl (C=O) groups is 2. The molecule has 0 aliphatic rings. The third kappa shape index (κ3) is 3.74. The lowest BCUT2D eigenvalue weighted by molar-refractivity contribution is -0.129. The van der Waals surface area contributed by atoms with Crippen LogP contribution in [-0.4, -0.2) is 40.2 Å². The third-order valence-electron chi connectivity index (χ3n) is 2.52. The molecule has 1 aromatic rings. The molecule has 4 nitrogen and oxygen atoms in total. The second kappa shape index (κ2) is 6.80. The highest BCUT2D eigenvalue weighted by atomic mass is 32.2. The summed E-state index contributed by atoms with van der Waals surface area (Å²) in [4.78, 5) is 25.7. The van der Waals surface area contributed by atoms with Gasteiger partial charge in [-0.15, -0.1) is 23.1 Å². The molecule has 0 fully saturated rings. The normalized spacial score (nSPS) is 12.2. The van der Waals surface area contributed by atoms with Crippen molar-refractivity contribution in [3.63, 3.8) is 0 Å². The first-order valence-corrected chi connectivity index (χ1v) is 7.52. The summed E-state index contributed by atoms with van der Waals surface area (Å²) in [5, 5.41) is 10.4. The highest BCUT2D eigenvalue weighted by Crippen LogP contribution is 2.29. The molecular formula is C12H17NO3S2. The molecule has 0 saturated heterocycles. The number of carboxylic acids is 1. The van der Waals surface area contributed by atoms with Crippen LogP contribution in [0.3, 0.4) is 0 Å². The van der Waals surface area contributed by atoms with Gasteiger partial charge in [0.25, 0.3) is 0 Å². The molecule has 0 spiro atoms. The molecule has 1 aromatic heterocycles. The van der Waals surface area contributed by atoms with Crippen LogP contribution in [0.4, 0.5) is 0 Å². The molecule has 1 rings (SSSR count). The maximum absolute atomic E-state index is 12.0. The van der Waals surface area contributed by atoms with E-state index < -0.39 is 5.97 Å². The van der Waals surface area contributed by atoms with Crippen molar-refractivity contribution >= 4 is 35.0 Å². The van der Waals surface area contributed by atoms with Gasteiger partial charge in [0.1, 0.15) is 4.88 Å². The smallest absolute Gasteiger partial charge is 0.345 e. The Hall–Kier alpha value is -1.01. The highest BCUT2D eigenvalue weighted by Gasteiger charge is 2.20. The Morgan fingerprint density at radius 2 is 2.06 bits per heavy atom. The van der Waals surface area contributed by atoms with Crippen molar-refractivity contribution in [3.05, 3.63) is 16.3 Å². The number of carboxylic acid groups (broad SMARTS) is 1. The summed E-state index contributed by atoms with van der Waals surface area (Å²) in [6.07, 6.45) is 0. The minimum absolute atomic E-state index is 0.0908. The summed E-state index contributed by atoms with van der Waals surface area (Å²) in [6, 6.07) is 1.61. The molecule has 0 bridgehead atoms. The SMILES string of the molecule is CCN(CC)C(=O)C(C)Sc1csc(C(=O)O)c1. The summed E-state index contributed by atoms with van der Waals surface area (Å²) in [5.74, 6) is -0.831. The van der Waals surface area contributed by atoms with Crippen molar-refractivity contribution in [2.75, 3.05) is 13.1 Å². The van der Waals surface area contributed by atoms with Crippen LogP contribution in [-0.2, 0) is 4.79 Å². The van der Waals surface area contributed by atoms with Crippen molar-refractivity contribution in [2.24, 2.45) is 0 Å². The van der Waals surface area contributed by atoms with Crippen LogP contribution in [0.2, 0.25) is 0 Å². The standard InChI is InChI=1S/C12H17NO3S2/c1-4-13(5-2)11(14)8(3)18-9-6-10(12(15)16)17-7-9/h6-8H,4-5H2,1-3H3,(H,15,16). The molecule has 1 heterocycles. The number of rotatable bonds is 6. The second-order valence-electron chi connectivity index (χ2n) is 3.72. The summed E-state index contributed by atoms with van der Waals surface area (Å²) in [7, 11) is 0. The lowest BCUT2D eigenvalue weighted by atomic mass is 10.4. The fourth-order valence-electron chi connectivity index (χ4n) is 1.54. The Bertz CT molecular complexity index is 427. The highest BCUT2D eigenvalue weighted by molar-refractivity contribution is 8.00. The number of carbonyl (C=O) groups excluding carboxylic acids is 1. The van der Waals surface area contributed by atoms with Crippen molar-refractivity contribution in [3.8, 4) is 0 Å². The molecule has 0 saturated carbocycles. The van der Waals surface area contributed by atoms with Gasteiger partial charge in [0.05, 0.1) is 5.25 Å². The van der Waals surface area contributed by atoms with E-state index >= 15 is 0 Å². The maximum Gasteiger partial charge on any atom is 0.345 e. The van der Waals surface area contributed by atoms with E-state index in [0.29, 0.717) is 18.0 Å². The summed E-state index contributed by atoms with van der Waals surface area (Å²) >= 11 is 2.59. The zero-order chi connectivity index (χ0) is 13.7. The molecule has 1 unspecified atom stereocenters. The number of hydrogen-bond donors (Lipinski definition) is 1.